The van der Waals surface area contributed by atoms with Crippen LogP contribution in [0.1, 0.15) is 5.69 Å². The predicted octanol–water partition coefficient (Wildman–Crippen LogP) is 3.16. The summed E-state index contributed by atoms with van der Waals surface area (Å²) in [7, 11) is 1.70. The first-order valence-electron chi connectivity index (χ1n) is 5.49. The van der Waals surface area contributed by atoms with E-state index in [0.29, 0.717) is 6.61 Å². The molecule has 0 fully saturated rings. The maximum Gasteiger partial charge on any atom is 0.0673 e. The van der Waals surface area contributed by atoms with Crippen molar-refractivity contribution in [3.8, 4) is 11.3 Å². The Labute approximate surface area is 106 Å². The van der Waals surface area contributed by atoms with Gasteiger partial charge in [-0.15, -0.1) is 0 Å². The number of hydrogen-bond donors (Lipinski definition) is 0. The van der Waals surface area contributed by atoms with Crippen LogP contribution in [0, 0.1) is 6.92 Å². The SMILES string of the molecule is COCCn1c(C)cc(Cl)c1-c1ccncc1. The van der Waals surface area contributed by atoms with E-state index in [1.807, 2.05) is 25.1 Å². The molecule has 3 nitrogen and oxygen atoms in total. The lowest BCUT2D eigenvalue weighted by Gasteiger charge is -2.11. The molecule has 2 aromatic rings. The number of halogens is 1. The predicted molar refractivity (Wildman–Crippen MR) is 69.3 cm³/mol. The molecule has 0 aliphatic heterocycles. The second-order valence-electron chi connectivity index (χ2n) is 3.86. The molecular formula is C13H15ClN2O. The molecule has 4 heteroatoms. The molecule has 0 amide bonds. The molecule has 0 saturated carbocycles. The van der Waals surface area contributed by atoms with Crippen LogP contribution in [0.5, 0.6) is 0 Å². The third-order valence-electron chi connectivity index (χ3n) is 2.73. The number of rotatable bonds is 4. The van der Waals surface area contributed by atoms with Crippen molar-refractivity contribution in [1.82, 2.24) is 9.55 Å². The van der Waals surface area contributed by atoms with Crippen LogP contribution in [0.4, 0.5) is 0 Å². The summed E-state index contributed by atoms with van der Waals surface area (Å²) < 4.78 is 7.29. The molecule has 0 N–H and O–H groups in total. The van der Waals surface area contributed by atoms with E-state index in [0.717, 1.165) is 28.5 Å². The van der Waals surface area contributed by atoms with Gasteiger partial charge in [0.25, 0.3) is 0 Å². The molecule has 0 radical (unpaired) electrons. The molecule has 0 bridgehead atoms. The standard InChI is InChI=1S/C13H15ClN2O/c1-10-9-12(14)13(16(10)7-8-17-2)11-3-5-15-6-4-11/h3-6,9H,7-8H2,1-2H3. The van der Waals surface area contributed by atoms with Gasteiger partial charge >= 0.3 is 0 Å². The highest BCUT2D eigenvalue weighted by atomic mass is 35.5. The normalized spacial score (nSPS) is 10.8. The highest BCUT2D eigenvalue weighted by molar-refractivity contribution is 6.33. The molecule has 0 saturated heterocycles. The Hall–Kier alpha value is -1.32. The molecule has 0 aliphatic carbocycles. The molecule has 0 atom stereocenters. The second-order valence-corrected chi connectivity index (χ2v) is 4.27. The van der Waals surface area contributed by atoms with E-state index in [9.17, 15) is 0 Å². The molecule has 0 spiro atoms. The van der Waals surface area contributed by atoms with Gasteiger partial charge in [0.1, 0.15) is 0 Å². The fourth-order valence-corrected chi connectivity index (χ4v) is 2.28. The van der Waals surface area contributed by atoms with Crippen molar-refractivity contribution in [1.29, 1.82) is 0 Å². The van der Waals surface area contributed by atoms with Gasteiger partial charge in [0, 0.05) is 37.3 Å². The smallest absolute Gasteiger partial charge is 0.0673 e. The molecule has 2 aromatic heterocycles. The van der Waals surface area contributed by atoms with E-state index in [4.69, 9.17) is 16.3 Å². The summed E-state index contributed by atoms with van der Waals surface area (Å²) in [6, 6.07) is 5.90. The fourth-order valence-electron chi connectivity index (χ4n) is 1.91. The Morgan fingerprint density at radius 2 is 2.06 bits per heavy atom. The summed E-state index contributed by atoms with van der Waals surface area (Å²) in [5.41, 5.74) is 3.25. The number of aromatic nitrogens is 2. The Balaban J connectivity index is 2.45. The number of hydrogen-bond acceptors (Lipinski definition) is 2. The van der Waals surface area contributed by atoms with Gasteiger partial charge < -0.3 is 9.30 Å². The van der Waals surface area contributed by atoms with E-state index in [1.165, 1.54) is 0 Å². The van der Waals surface area contributed by atoms with E-state index in [1.54, 1.807) is 19.5 Å². The highest BCUT2D eigenvalue weighted by Crippen LogP contribution is 2.30. The number of ether oxygens (including phenoxy) is 1. The molecule has 0 aliphatic rings. The van der Waals surface area contributed by atoms with Crippen molar-refractivity contribution in [3.05, 3.63) is 41.3 Å². The third kappa shape index (κ3) is 2.51. The summed E-state index contributed by atoms with van der Waals surface area (Å²) in [6.45, 7) is 3.52. The van der Waals surface area contributed by atoms with Crippen molar-refractivity contribution in [2.24, 2.45) is 0 Å². The molecular weight excluding hydrogens is 236 g/mol. The topological polar surface area (TPSA) is 27.1 Å². The first-order valence-corrected chi connectivity index (χ1v) is 5.87. The number of pyridine rings is 1. The maximum absolute atomic E-state index is 6.28. The van der Waals surface area contributed by atoms with Gasteiger partial charge in [0.2, 0.25) is 0 Å². The maximum atomic E-state index is 6.28. The van der Waals surface area contributed by atoms with Crippen LogP contribution in [0.25, 0.3) is 11.3 Å². The molecule has 90 valence electrons. The average molecular weight is 251 g/mol. The molecule has 2 rings (SSSR count). The second kappa shape index (κ2) is 5.34. The lowest BCUT2D eigenvalue weighted by atomic mass is 10.2. The van der Waals surface area contributed by atoms with Crippen molar-refractivity contribution in [2.45, 2.75) is 13.5 Å². The van der Waals surface area contributed by atoms with Crippen LogP contribution in [0.3, 0.4) is 0 Å². The van der Waals surface area contributed by atoms with Gasteiger partial charge in [-0.1, -0.05) is 11.6 Å². The minimum Gasteiger partial charge on any atom is -0.383 e. The van der Waals surface area contributed by atoms with Crippen molar-refractivity contribution in [3.63, 3.8) is 0 Å². The van der Waals surface area contributed by atoms with Crippen molar-refractivity contribution < 1.29 is 4.74 Å². The van der Waals surface area contributed by atoms with Gasteiger partial charge in [-0.25, -0.2) is 0 Å². The summed E-state index contributed by atoms with van der Waals surface area (Å²) in [5, 5.41) is 0.768. The first-order chi connectivity index (χ1) is 8.24. The van der Waals surface area contributed by atoms with Crippen molar-refractivity contribution in [2.75, 3.05) is 13.7 Å². The van der Waals surface area contributed by atoms with Crippen LogP contribution in [-0.4, -0.2) is 23.3 Å². The fraction of sp³-hybridized carbons (Fsp3) is 0.308. The minimum absolute atomic E-state index is 0.671. The van der Waals surface area contributed by atoms with E-state index >= 15 is 0 Å². The summed E-state index contributed by atoms with van der Waals surface area (Å²) in [6.07, 6.45) is 3.54. The molecule has 2 heterocycles. The summed E-state index contributed by atoms with van der Waals surface area (Å²) in [5.74, 6) is 0. The Morgan fingerprint density at radius 1 is 1.35 bits per heavy atom. The monoisotopic (exact) mass is 250 g/mol. The van der Waals surface area contributed by atoms with Gasteiger partial charge in [0.05, 0.1) is 17.3 Å². The zero-order valence-corrected chi connectivity index (χ0v) is 10.7. The lowest BCUT2D eigenvalue weighted by Crippen LogP contribution is -2.07. The quantitative estimate of drug-likeness (QED) is 0.834. The zero-order valence-electron chi connectivity index (χ0n) is 9.98. The van der Waals surface area contributed by atoms with Crippen LogP contribution in [0.2, 0.25) is 5.02 Å². The summed E-state index contributed by atoms with van der Waals surface area (Å²) >= 11 is 6.28. The Morgan fingerprint density at radius 3 is 2.71 bits per heavy atom. The minimum atomic E-state index is 0.671. The summed E-state index contributed by atoms with van der Waals surface area (Å²) in [4.78, 5) is 4.02. The average Bonchev–Trinajstić information content (AvgIpc) is 2.62. The molecule has 0 aromatic carbocycles. The first kappa shape index (κ1) is 12.1. The Kier molecular flexibility index (Phi) is 3.82. The van der Waals surface area contributed by atoms with Gasteiger partial charge in [-0.05, 0) is 25.1 Å². The van der Waals surface area contributed by atoms with Gasteiger partial charge in [-0.3, -0.25) is 4.98 Å². The van der Waals surface area contributed by atoms with E-state index < -0.39 is 0 Å². The van der Waals surface area contributed by atoms with Crippen LogP contribution in [-0.2, 0) is 11.3 Å². The molecule has 0 unspecified atom stereocenters. The number of nitrogens with zero attached hydrogens (tertiary/aromatic N) is 2. The van der Waals surface area contributed by atoms with Gasteiger partial charge in [-0.2, -0.15) is 0 Å². The Bertz CT molecular complexity index is 494. The van der Waals surface area contributed by atoms with Gasteiger partial charge in [0.15, 0.2) is 0 Å². The van der Waals surface area contributed by atoms with E-state index in [-0.39, 0.29) is 0 Å². The zero-order chi connectivity index (χ0) is 12.3. The van der Waals surface area contributed by atoms with E-state index in [2.05, 4.69) is 9.55 Å². The van der Waals surface area contributed by atoms with Crippen LogP contribution in [0.15, 0.2) is 30.6 Å². The largest absolute Gasteiger partial charge is 0.383 e. The van der Waals surface area contributed by atoms with Crippen LogP contribution >= 0.6 is 11.6 Å². The number of methoxy groups -OCH3 is 1. The van der Waals surface area contributed by atoms with Crippen LogP contribution < -0.4 is 0 Å². The van der Waals surface area contributed by atoms with Crippen molar-refractivity contribution >= 4 is 11.6 Å². The third-order valence-corrected chi connectivity index (χ3v) is 3.02. The lowest BCUT2D eigenvalue weighted by molar-refractivity contribution is 0.187. The number of aryl methyl sites for hydroxylation is 1. The molecule has 17 heavy (non-hydrogen) atoms. The highest BCUT2D eigenvalue weighted by Gasteiger charge is 2.12.